The molecule has 2 aliphatic rings. The number of carbonyl (C=O) groups is 1. The first kappa shape index (κ1) is 23.5. The van der Waals surface area contributed by atoms with Gasteiger partial charge in [0.15, 0.2) is 17.8 Å². The van der Waals surface area contributed by atoms with Gasteiger partial charge in [0.1, 0.15) is 4.70 Å². The molecule has 2 aliphatic heterocycles. The minimum absolute atomic E-state index is 0.0355. The van der Waals surface area contributed by atoms with Gasteiger partial charge >= 0.3 is 0 Å². The van der Waals surface area contributed by atoms with Gasteiger partial charge in [-0.25, -0.2) is 0 Å². The van der Waals surface area contributed by atoms with Gasteiger partial charge in [0.2, 0.25) is 5.43 Å². The van der Waals surface area contributed by atoms with Gasteiger partial charge in [-0.1, -0.05) is 31.2 Å². The predicted octanol–water partition coefficient (Wildman–Crippen LogP) is 5.71. The Balaban J connectivity index is 1.54. The summed E-state index contributed by atoms with van der Waals surface area (Å²) < 4.78 is 6.88. The monoisotopic (exact) mass is 503 g/mol. The van der Waals surface area contributed by atoms with Crippen LogP contribution in [0, 0.1) is 5.41 Å². The third kappa shape index (κ3) is 4.68. The van der Waals surface area contributed by atoms with E-state index in [-0.39, 0.29) is 11.1 Å². The topological polar surface area (TPSA) is 86.7 Å². The molecule has 1 fully saturated rings. The van der Waals surface area contributed by atoms with Crippen molar-refractivity contribution in [2.24, 2.45) is 4.99 Å². The number of rotatable bonds is 6. The Labute approximate surface area is 211 Å². The van der Waals surface area contributed by atoms with Crippen LogP contribution in [0.4, 0.5) is 5.88 Å². The lowest BCUT2D eigenvalue weighted by Crippen LogP contribution is -2.32. The molecule has 0 atom stereocenters. The summed E-state index contributed by atoms with van der Waals surface area (Å²) in [5.74, 6) is 2.63. The quantitative estimate of drug-likeness (QED) is 0.344. The standard InChI is InChI=1S/C27H25N3O3S2/c1-2-17-6-7-20(15-31)25(29-14-17)24(28)19-5-3-4-18(12-19)21-16-35-27-22(32)13-23(33-26(21)27)30-8-10-34-11-9-30/h3-5,7,12-16,28H,2,6,8-11H2,1H3. The number of allylic oxidation sites excluding steroid dienone is 3. The smallest absolute Gasteiger partial charge is 0.204 e. The largest absolute Gasteiger partial charge is 0.439 e. The molecular weight excluding hydrogens is 478 g/mol. The van der Waals surface area contributed by atoms with Crippen LogP contribution in [0.25, 0.3) is 21.4 Å². The summed E-state index contributed by atoms with van der Waals surface area (Å²) >= 11 is 3.28. The van der Waals surface area contributed by atoms with E-state index >= 15 is 0 Å². The zero-order chi connectivity index (χ0) is 24.4. The lowest BCUT2D eigenvalue weighted by Gasteiger charge is -2.26. The Bertz CT molecular complexity index is 1460. The molecule has 1 saturated heterocycles. The van der Waals surface area contributed by atoms with E-state index in [4.69, 9.17) is 9.83 Å². The van der Waals surface area contributed by atoms with Crippen LogP contribution in [0.2, 0.25) is 0 Å². The second-order valence-electron chi connectivity index (χ2n) is 8.41. The van der Waals surface area contributed by atoms with Crippen molar-refractivity contribution in [3.63, 3.8) is 0 Å². The number of nitrogens with one attached hydrogen (secondary N) is 1. The number of aldehydes is 1. The van der Waals surface area contributed by atoms with Gasteiger partial charge in [-0.3, -0.25) is 20.0 Å². The minimum Gasteiger partial charge on any atom is -0.439 e. The Hall–Kier alpha value is -3.23. The Kier molecular flexibility index (Phi) is 6.83. The predicted molar refractivity (Wildman–Crippen MR) is 147 cm³/mol. The van der Waals surface area contributed by atoms with Crippen molar-refractivity contribution in [3.8, 4) is 11.1 Å². The number of benzene rings is 1. The van der Waals surface area contributed by atoms with Crippen LogP contribution in [0.1, 0.15) is 25.3 Å². The fourth-order valence-corrected chi connectivity index (χ4v) is 6.03. The zero-order valence-corrected chi connectivity index (χ0v) is 21.0. The number of aliphatic imine (C=N–C) groups is 1. The van der Waals surface area contributed by atoms with E-state index in [2.05, 4.69) is 16.8 Å². The summed E-state index contributed by atoms with van der Waals surface area (Å²) in [6.45, 7) is 3.76. The maximum atomic E-state index is 12.8. The van der Waals surface area contributed by atoms with E-state index in [9.17, 15) is 9.59 Å². The summed E-state index contributed by atoms with van der Waals surface area (Å²) in [5.41, 5.74) is 4.96. The molecule has 5 rings (SSSR count). The highest BCUT2D eigenvalue weighted by molar-refractivity contribution is 7.99. The van der Waals surface area contributed by atoms with Crippen molar-refractivity contribution in [1.29, 1.82) is 5.41 Å². The third-order valence-electron chi connectivity index (χ3n) is 6.27. The van der Waals surface area contributed by atoms with Crippen LogP contribution >= 0.6 is 23.1 Å². The summed E-state index contributed by atoms with van der Waals surface area (Å²) in [4.78, 5) is 31.2. The summed E-state index contributed by atoms with van der Waals surface area (Å²) in [7, 11) is 0. The molecule has 0 radical (unpaired) electrons. The molecule has 0 saturated carbocycles. The SMILES string of the molecule is CCC1=CN=C(C(=N)c2cccc(-c3csc4c(=O)cc(N5CCSCC5)oc34)c2)C(C=O)=CC1. The van der Waals surface area contributed by atoms with E-state index < -0.39 is 0 Å². The van der Waals surface area contributed by atoms with Gasteiger partial charge in [0, 0.05) is 58.9 Å². The van der Waals surface area contributed by atoms with Crippen LogP contribution in [-0.4, -0.2) is 42.3 Å². The summed E-state index contributed by atoms with van der Waals surface area (Å²) in [6, 6.07) is 9.16. The van der Waals surface area contributed by atoms with Gasteiger partial charge in [0.05, 0.1) is 11.4 Å². The lowest BCUT2D eigenvalue weighted by molar-refractivity contribution is -0.104. The molecule has 178 valence electrons. The molecule has 8 heteroatoms. The summed E-state index contributed by atoms with van der Waals surface area (Å²) in [5, 5.41) is 10.8. The first-order valence-corrected chi connectivity index (χ1v) is 13.6. The number of thioether (sulfide) groups is 1. The molecule has 6 nitrogen and oxygen atoms in total. The Morgan fingerprint density at radius 1 is 1.26 bits per heavy atom. The van der Waals surface area contributed by atoms with Gasteiger partial charge in [-0.2, -0.15) is 11.8 Å². The average Bonchev–Trinajstić information content (AvgIpc) is 3.22. The highest BCUT2D eigenvalue weighted by Gasteiger charge is 2.20. The Morgan fingerprint density at radius 2 is 2.09 bits per heavy atom. The number of fused-ring (bicyclic) bond motifs is 1. The number of carbonyl (C=O) groups excluding carboxylic acids is 1. The summed E-state index contributed by atoms with van der Waals surface area (Å²) in [6.07, 6.45) is 5.88. The highest BCUT2D eigenvalue weighted by atomic mass is 32.2. The first-order chi connectivity index (χ1) is 17.1. The van der Waals surface area contributed by atoms with Crippen LogP contribution < -0.4 is 10.3 Å². The molecular formula is C27H25N3O3S2. The highest BCUT2D eigenvalue weighted by Crippen LogP contribution is 2.35. The maximum Gasteiger partial charge on any atom is 0.204 e. The number of anilines is 1. The maximum absolute atomic E-state index is 12.8. The number of nitrogens with zero attached hydrogens (tertiary/aromatic N) is 2. The molecule has 35 heavy (non-hydrogen) atoms. The number of hydrogen-bond donors (Lipinski definition) is 1. The van der Waals surface area contributed by atoms with Crippen LogP contribution in [0.3, 0.4) is 0 Å². The van der Waals surface area contributed by atoms with E-state index in [0.717, 1.165) is 54.0 Å². The van der Waals surface area contributed by atoms with Gasteiger partial charge in [0.25, 0.3) is 0 Å². The second kappa shape index (κ2) is 10.2. The van der Waals surface area contributed by atoms with Crippen molar-refractivity contribution in [1.82, 2.24) is 0 Å². The molecule has 4 heterocycles. The average molecular weight is 504 g/mol. The van der Waals surface area contributed by atoms with Crippen molar-refractivity contribution >= 4 is 57.0 Å². The molecule has 1 N–H and O–H groups in total. The van der Waals surface area contributed by atoms with Gasteiger partial charge in [-0.05, 0) is 30.0 Å². The van der Waals surface area contributed by atoms with Crippen LogP contribution in [-0.2, 0) is 4.79 Å². The van der Waals surface area contributed by atoms with Crippen molar-refractivity contribution in [2.45, 2.75) is 19.8 Å². The number of thiophene rings is 1. The molecule has 0 spiro atoms. The fraction of sp³-hybridized carbons (Fsp3) is 0.259. The van der Waals surface area contributed by atoms with Crippen molar-refractivity contribution in [3.05, 3.63) is 74.9 Å². The van der Waals surface area contributed by atoms with E-state index in [1.807, 2.05) is 47.5 Å². The van der Waals surface area contributed by atoms with E-state index in [1.165, 1.54) is 11.3 Å². The molecule has 0 aliphatic carbocycles. The first-order valence-electron chi connectivity index (χ1n) is 11.6. The van der Waals surface area contributed by atoms with Crippen LogP contribution in [0.15, 0.2) is 73.3 Å². The molecule has 0 amide bonds. The minimum atomic E-state index is -0.0355. The second-order valence-corrected chi connectivity index (χ2v) is 10.5. The molecule has 3 aromatic rings. The Morgan fingerprint density at radius 3 is 2.86 bits per heavy atom. The van der Waals surface area contributed by atoms with E-state index in [0.29, 0.717) is 39.4 Å². The fourth-order valence-electron chi connectivity index (χ4n) is 4.22. The molecule has 0 bridgehead atoms. The molecule has 1 aromatic carbocycles. The van der Waals surface area contributed by atoms with Crippen LogP contribution in [0.5, 0.6) is 0 Å². The van der Waals surface area contributed by atoms with Crippen molar-refractivity contribution < 1.29 is 9.21 Å². The van der Waals surface area contributed by atoms with Gasteiger partial charge < -0.3 is 9.32 Å². The van der Waals surface area contributed by atoms with Crippen molar-refractivity contribution in [2.75, 3.05) is 29.5 Å². The lowest BCUT2D eigenvalue weighted by atomic mass is 9.96. The van der Waals surface area contributed by atoms with Gasteiger partial charge in [-0.15, -0.1) is 11.3 Å². The molecule has 0 unspecified atom stereocenters. The molecule has 2 aromatic heterocycles. The number of hydrogen-bond acceptors (Lipinski definition) is 8. The van der Waals surface area contributed by atoms with E-state index in [1.54, 1.807) is 12.3 Å². The normalized spacial score (nSPS) is 16.4. The zero-order valence-electron chi connectivity index (χ0n) is 19.4. The third-order valence-corrected chi connectivity index (χ3v) is 8.19.